The molecule has 0 aliphatic carbocycles. The van der Waals surface area contributed by atoms with Crippen LogP contribution in [0.25, 0.3) is 0 Å². The third-order valence-corrected chi connectivity index (χ3v) is 3.25. The minimum atomic E-state index is 0.0767. The predicted octanol–water partition coefficient (Wildman–Crippen LogP) is 1.51. The van der Waals surface area contributed by atoms with Gasteiger partial charge in [-0.15, -0.1) is 0 Å². The fourth-order valence-electron chi connectivity index (χ4n) is 2.30. The Morgan fingerprint density at radius 2 is 2.41 bits per heavy atom. The number of hydrogen-bond donors (Lipinski definition) is 1. The molecule has 0 saturated carbocycles. The van der Waals surface area contributed by atoms with Gasteiger partial charge in [0.05, 0.1) is 17.4 Å². The smallest absolute Gasteiger partial charge is 0.0707 e. The minimum absolute atomic E-state index is 0.0767. The molecule has 2 heterocycles. The van der Waals surface area contributed by atoms with Crippen molar-refractivity contribution in [1.82, 2.24) is 15.1 Å². The summed E-state index contributed by atoms with van der Waals surface area (Å²) >= 11 is 0. The van der Waals surface area contributed by atoms with Gasteiger partial charge < -0.3 is 10.1 Å². The minimum Gasteiger partial charge on any atom is -0.371 e. The highest BCUT2D eigenvalue weighted by atomic mass is 16.5. The van der Waals surface area contributed by atoms with Crippen molar-refractivity contribution in [3.8, 4) is 0 Å². The van der Waals surface area contributed by atoms with Gasteiger partial charge in [0, 0.05) is 32.8 Å². The van der Waals surface area contributed by atoms with Gasteiger partial charge in [0.25, 0.3) is 0 Å². The van der Waals surface area contributed by atoms with Crippen LogP contribution in [0.2, 0.25) is 0 Å². The van der Waals surface area contributed by atoms with Crippen LogP contribution in [0.15, 0.2) is 12.3 Å². The Kier molecular flexibility index (Phi) is 3.84. The van der Waals surface area contributed by atoms with Gasteiger partial charge in [0.15, 0.2) is 0 Å². The van der Waals surface area contributed by atoms with Crippen molar-refractivity contribution in [1.29, 1.82) is 0 Å². The number of nitrogens with zero attached hydrogens (tertiary/aromatic N) is 2. The molecule has 1 saturated heterocycles. The van der Waals surface area contributed by atoms with Crippen molar-refractivity contribution in [2.45, 2.75) is 44.8 Å². The van der Waals surface area contributed by atoms with Gasteiger partial charge in [-0.2, -0.15) is 5.10 Å². The monoisotopic (exact) mass is 237 g/mol. The Hall–Kier alpha value is -0.870. The molecule has 1 aliphatic heterocycles. The number of ether oxygens (including phenoxy) is 1. The summed E-state index contributed by atoms with van der Waals surface area (Å²) in [6.07, 6.45) is 5.69. The molecule has 4 nitrogen and oxygen atoms in total. The molecular formula is C13H23N3O. The van der Waals surface area contributed by atoms with Crippen LogP contribution in [0, 0.1) is 0 Å². The molecule has 1 aromatic heterocycles. The third kappa shape index (κ3) is 3.82. The van der Waals surface area contributed by atoms with E-state index in [2.05, 4.69) is 30.3 Å². The van der Waals surface area contributed by atoms with Gasteiger partial charge in [-0.3, -0.25) is 4.68 Å². The van der Waals surface area contributed by atoms with Gasteiger partial charge >= 0.3 is 0 Å². The maximum atomic E-state index is 5.92. The predicted molar refractivity (Wildman–Crippen MR) is 68.0 cm³/mol. The van der Waals surface area contributed by atoms with E-state index in [4.69, 9.17) is 4.74 Å². The molecular weight excluding hydrogens is 214 g/mol. The molecule has 0 spiro atoms. The van der Waals surface area contributed by atoms with Crippen LogP contribution in [0.4, 0.5) is 0 Å². The van der Waals surface area contributed by atoms with Gasteiger partial charge in [-0.25, -0.2) is 0 Å². The largest absolute Gasteiger partial charge is 0.371 e. The molecule has 1 unspecified atom stereocenters. The van der Waals surface area contributed by atoms with Crippen LogP contribution in [0.3, 0.4) is 0 Å². The van der Waals surface area contributed by atoms with Gasteiger partial charge in [-0.1, -0.05) is 0 Å². The summed E-state index contributed by atoms with van der Waals surface area (Å²) < 4.78 is 7.77. The van der Waals surface area contributed by atoms with Crippen LogP contribution in [-0.4, -0.2) is 34.6 Å². The summed E-state index contributed by atoms with van der Waals surface area (Å²) in [7, 11) is 1.95. The molecule has 17 heavy (non-hydrogen) atoms. The van der Waals surface area contributed by atoms with E-state index in [0.717, 1.165) is 25.2 Å². The normalized spacial score (nSPS) is 23.1. The lowest BCUT2D eigenvalue weighted by molar-refractivity contribution is -0.0140. The maximum Gasteiger partial charge on any atom is 0.0707 e. The first-order valence-corrected chi connectivity index (χ1v) is 6.42. The van der Waals surface area contributed by atoms with E-state index in [1.165, 1.54) is 12.8 Å². The topological polar surface area (TPSA) is 39.1 Å². The number of aryl methyl sites for hydroxylation is 1. The second-order valence-corrected chi connectivity index (χ2v) is 5.47. The quantitative estimate of drug-likeness (QED) is 0.789. The summed E-state index contributed by atoms with van der Waals surface area (Å²) in [6, 6.07) is 2.07. The van der Waals surface area contributed by atoms with Gasteiger partial charge in [0.1, 0.15) is 0 Å². The Labute approximate surface area is 103 Å². The molecule has 2 rings (SSSR count). The molecule has 0 radical (unpaired) electrons. The van der Waals surface area contributed by atoms with Gasteiger partial charge in [0.2, 0.25) is 0 Å². The Morgan fingerprint density at radius 1 is 1.59 bits per heavy atom. The molecule has 1 atom stereocenters. The average molecular weight is 237 g/mol. The molecule has 1 aliphatic rings. The number of aromatic nitrogens is 2. The summed E-state index contributed by atoms with van der Waals surface area (Å²) in [5.74, 6) is 0. The molecule has 1 fully saturated rings. The lowest BCUT2D eigenvalue weighted by Crippen LogP contribution is -2.30. The molecule has 0 amide bonds. The Bertz CT molecular complexity index is 359. The molecule has 0 aromatic carbocycles. The zero-order valence-electron chi connectivity index (χ0n) is 11.1. The molecule has 4 heteroatoms. The summed E-state index contributed by atoms with van der Waals surface area (Å²) in [6.45, 7) is 6.26. The van der Waals surface area contributed by atoms with Crippen LogP contribution < -0.4 is 5.32 Å². The fraction of sp³-hybridized carbons (Fsp3) is 0.769. The van der Waals surface area contributed by atoms with Crippen molar-refractivity contribution in [3.05, 3.63) is 18.0 Å². The van der Waals surface area contributed by atoms with Crippen LogP contribution >= 0.6 is 0 Å². The first kappa shape index (κ1) is 12.6. The van der Waals surface area contributed by atoms with E-state index < -0.39 is 0 Å². The second-order valence-electron chi connectivity index (χ2n) is 5.47. The van der Waals surface area contributed by atoms with E-state index in [9.17, 15) is 0 Å². The molecule has 0 bridgehead atoms. The van der Waals surface area contributed by atoms with Crippen LogP contribution in [0.5, 0.6) is 0 Å². The van der Waals surface area contributed by atoms with E-state index in [0.29, 0.717) is 6.10 Å². The standard InChI is InChI=1S/C13H23N3O/c1-13(2)7-4-12(17-13)10-14-8-5-11-6-9-16(3)15-11/h6,9,12,14H,4-5,7-8,10H2,1-3H3. The van der Waals surface area contributed by atoms with Crippen LogP contribution in [0.1, 0.15) is 32.4 Å². The van der Waals surface area contributed by atoms with Crippen LogP contribution in [-0.2, 0) is 18.2 Å². The first-order chi connectivity index (χ1) is 8.05. The zero-order chi connectivity index (χ0) is 12.3. The third-order valence-electron chi connectivity index (χ3n) is 3.25. The van der Waals surface area contributed by atoms with Crippen molar-refractivity contribution < 1.29 is 4.74 Å². The van der Waals surface area contributed by atoms with Crippen molar-refractivity contribution >= 4 is 0 Å². The molecule has 96 valence electrons. The van der Waals surface area contributed by atoms with E-state index in [1.54, 1.807) is 0 Å². The Morgan fingerprint density at radius 3 is 3.00 bits per heavy atom. The second kappa shape index (κ2) is 5.19. The van der Waals surface area contributed by atoms with Crippen molar-refractivity contribution in [2.24, 2.45) is 7.05 Å². The SMILES string of the molecule is Cn1ccc(CCNCC2CCC(C)(C)O2)n1. The summed E-state index contributed by atoms with van der Waals surface area (Å²) in [5.41, 5.74) is 1.22. The van der Waals surface area contributed by atoms with Crippen molar-refractivity contribution in [3.63, 3.8) is 0 Å². The summed E-state index contributed by atoms with van der Waals surface area (Å²) in [5, 5.41) is 7.80. The highest BCUT2D eigenvalue weighted by Crippen LogP contribution is 2.28. The number of hydrogen-bond acceptors (Lipinski definition) is 3. The molecule has 1 N–H and O–H groups in total. The molecule has 1 aromatic rings. The zero-order valence-corrected chi connectivity index (χ0v) is 11.1. The number of rotatable bonds is 5. The van der Waals surface area contributed by atoms with Gasteiger partial charge in [-0.05, 0) is 32.8 Å². The lowest BCUT2D eigenvalue weighted by atomic mass is 10.1. The van der Waals surface area contributed by atoms with E-state index in [-0.39, 0.29) is 5.60 Å². The van der Waals surface area contributed by atoms with E-state index >= 15 is 0 Å². The van der Waals surface area contributed by atoms with Crippen molar-refractivity contribution in [2.75, 3.05) is 13.1 Å². The average Bonchev–Trinajstić information content (AvgIpc) is 2.80. The Balaban J connectivity index is 1.61. The maximum absolute atomic E-state index is 5.92. The first-order valence-electron chi connectivity index (χ1n) is 6.42. The highest BCUT2D eigenvalue weighted by Gasteiger charge is 2.30. The highest BCUT2D eigenvalue weighted by molar-refractivity contribution is 4.99. The lowest BCUT2D eigenvalue weighted by Gasteiger charge is -2.19. The fourth-order valence-corrected chi connectivity index (χ4v) is 2.30. The summed E-state index contributed by atoms with van der Waals surface area (Å²) in [4.78, 5) is 0. The number of nitrogens with one attached hydrogen (secondary N) is 1. The van der Waals surface area contributed by atoms with E-state index in [1.807, 2.05) is 17.9 Å².